The number of hydrogen-bond donors (Lipinski definition) is 3. The topological polar surface area (TPSA) is 90.9 Å². The summed E-state index contributed by atoms with van der Waals surface area (Å²) in [5.74, 6) is 1.73. The quantitative estimate of drug-likeness (QED) is 0.776. The first-order chi connectivity index (χ1) is 13.0. The van der Waals surface area contributed by atoms with Crippen LogP contribution >= 0.6 is 0 Å². The Labute approximate surface area is 158 Å². The maximum absolute atomic E-state index is 13.1. The molecule has 3 atom stereocenters. The molecule has 4 bridgehead atoms. The molecule has 1 aromatic carbocycles. The van der Waals surface area contributed by atoms with Crippen LogP contribution in [-0.2, 0) is 0 Å². The molecule has 3 unspecified atom stereocenters. The Bertz CT molecular complexity index is 849. The zero-order valence-corrected chi connectivity index (χ0v) is 15.6. The molecule has 0 spiro atoms. The third-order valence-corrected chi connectivity index (χ3v) is 7.18. The van der Waals surface area contributed by atoms with Crippen molar-refractivity contribution in [2.45, 2.75) is 57.1 Å². The molecule has 4 fully saturated rings. The molecule has 4 aliphatic rings. The highest BCUT2D eigenvalue weighted by molar-refractivity contribution is 6.00. The Hall–Kier alpha value is -2.21. The Morgan fingerprint density at radius 1 is 1.26 bits per heavy atom. The SMILES string of the molecule is CC(NC(=O)c1ccccc1-c1ncn[nH]1)C12CC3CC(CC(O)(C3)C1)C2. The van der Waals surface area contributed by atoms with Gasteiger partial charge in [0.1, 0.15) is 6.33 Å². The number of benzene rings is 1. The predicted molar refractivity (Wildman–Crippen MR) is 101 cm³/mol. The average molecular weight is 366 g/mol. The van der Waals surface area contributed by atoms with E-state index in [2.05, 4.69) is 27.4 Å². The van der Waals surface area contributed by atoms with Gasteiger partial charge in [-0.05, 0) is 68.8 Å². The van der Waals surface area contributed by atoms with Gasteiger partial charge in [-0.2, -0.15) is 5.10 Å². The van der Waals surface area contributed by atoms with Gasteiger partial charge in [0.25, 0.3) is 5.91 Å². The molecule has 3 N–H and O–H groups in total. The van der Waals surface area contributed by atoms with Gasteiger partial charge in [-0.3, -0.25) is 9.89 Å². The van der Waals surface area contributed by atoms with E-state index in [1.807, 2.05) is 24.3 Å². The van der Waals surface area contributed by atoms with Crippen molar-refractivity contribution in [2.24, 2.45) is 17.3 Å². The van der Waals surface area contributed by atoms with E-state index in [-0.39, 0.29) is 17.4 Å². The third kappa shape index (κ3) is 2.78. The Balaban J connectivity index is 1.39. The van der Waals surface area contributed by atoms with Crippen LogP contribution in [0.4, 0.5) is 0 Å². The second-order valence-corrected chi connectivity index (χ2v) is 9.12. The van der Waals surface area contributed by atoms with Crippen molar-refractivity contribution in [1.29, 1.82) is 0 Å². The molecule has 4 aliphatic carbocycles. The molecule has 0 saturated heterocycles. The summed E-state index contributed by atoms with van der Waals surface area (Å²) in [4.78, 5) is 17.3. The van der Waals surface area contributed by atoms with Gasteiger partial charge in [0.2, 0.25) is 0 Å². The van der Waals surface area contributed by atoms with E-state index in [0.717, 1.165) is 37.7 Å². The van der Waals surface area contributed by atoms with E-state index >= 15 is 0 Å². The monoisotopic (exact) mass is 366 g/mol. The molecule has 0 radical (unpaired) electrons. The number of rotatable bonds is 4. The fourth-order valence-electron chi connectivity index (χ4n) is 6.44. The molecule has 142 valence electrons. The molecule has 1 heterocycles. The van der Waals surface area contributed by atoms with Crippen LogP contribution in [-0.4, -0.2) is 37.8 Å². The standard InChI is InChI=1S/C21H26N4O2/c1-13(20-7-14-6-15(8-20)10-21(27,9-14)11-20)24-19(26)17-5-3-2-4-16(17)18-22-12-23-25-18/h2-5,12-15,27H,6-11H2,1H3,(H,24,26)(H,22,23,25). The molecule has 27 heavy (non-hydrogen) atoms. The second-order valence-electron chi connectivity index (χ2n) is 9.12. The van der Waals surface area contributed by atoms with Crippen LogP contribution in [0.2, 0.25) is 0 Å². The molecule has 6 heteroatoms. The zero-order chi connectivity index (χ0) is 18.6. The van der Waals surface area contributed by atoms with Crippen LogP contribution in [0.5, 0.6) is 0 Å². The largest absolute Gasteiger partial charge is 0.390 e. The maximum Gasteiger partial charge on any atom is 0.252 e. The Morgan fingerprint density at radius 2 is 2.00 bits per heavy atom. The minimum Gasteiger partial charge on any atom is -0.390 e. The highest BCUT2D eigenvalue weighted by Crippen LogP contribution is 2.62. The molecule has 2 aromatic rings. The second kappa shape index (κ2) is 5.89. The normalized spacial score (nSPS) is 35.2. The minimum absolute atomic E-state index is 0.0235. The van der Waals surface area contributed by atoms with Crippen molar-refractivity contribution >= 4 is 5.91 Å². The van der Waals surface area contributed by atoms with E-state index in [0.29, 0.717) is 23.2 Å². The van der Waals surface area contributed by atoms with Crippen LogP contribution < -0.4 is 5.32 Å². The van der Waals surface area contributed by atoms with Crippen molar-refractivity contribution in [3.8, 4) is 11.4 Å². The summed E-state index contributed by atoms with van der Waals surface area (Å²) in [5.41, 5.74) is 0.865. The first kappa shape index (κ1) is 16.9. The first-order valence-corrected chi connectivity index (χ1v) is 9.94. The number of carbonyl (C=O) groups is 1. The molecule has 1 aromatic heterocycles. The van der Waals surface area contributed by atoms with Crippen molar-refractivity contribution in [3.63, 3.8) is 0 Å². The van der Waals surface area contributed by atoms with Gasteiger partial charge in [-0.1, -0.05) is 18.2 Å². The van der Waals surface area contributed by atoms with Gasteiger partial charge < -0.3 is 10.4 Å². The fourth-order valence-corrected chi connectivity index (χ4v) is 6.44. The number of nitrogens with zero attached hydrogens (tertiary/aromatic N) is 2. The third-order valence-electron chi connectivity index (χ3n) is 7.18. The summed E-state index contributed by atoms with van der Waals surface area (Å²) in [5, 5.41) is 21.0. The highest BCUT2D eigenvalue weighted by atomic mass is 16.3. The van der Waals surface area contributed by atoms with Crippen LogP contribution in [0.3, 0.4) is 0 Å². The van der Waals surface area contributed by atoms with E-state index < -0.39 is 5.60 Å². The minimum atomic E-state index is -0.513. The van der Waals surface area contributed by atoms with E-state index in [9.17, 15) is 9.90 Å². The van der Waals surface area contributed by atoms with Gasteiger partial charge in [0.05, 0.1) is 11.2 Å². The van der Waals surface area contributed by atoms with Gasteiger partial charge in [0.15, 0.2) is 5.82 Å². The van der Waals surface area contributed by atoms with Crippen LogP contribution in [0, 0.1) is 17.3 Å². The number of nitrogens with one attached hydrogen (secondary N) is 2. The lowest BCUT2D eigenvalue weighted by molar-refractivity contribution is -0.171. The lowest BCUT2D eigenvalue weighted by Crippen LogP contribution is -2.61. The van der Waals surface area contributed by atoms with Crippen molar-refractivity contribution < 1.29 is 9.90 Å². The molecular formula is C21H26N4O2. The highest BCUT2D eigenvalue weighted by Gasteiger charge is 2.59. The summed E-state index contributed by atoms with van der Waals surface area (Å²) < 4.78 is 0. The molecule has 4 saturated carbocycles. The lowest BCUT2D eigenvalue weighted by atomic mass is 9.46. The number of amides is 1. The number of aromatic amines is 1. The van der Waals surface area contributed by atoms with Crippen molar-refractivity contribution in [3.05, 3.63) is 36.2 Å². The molecular weight excluding hydrogens is 340 g/mol. The summed E-state index contributed by atoms with van der Waals surface area (Å²) in [6.45, 7) is 2.12. The summed E-state index contributed by atoms with van der Waals surface area (Å²) in [6.07, 6.45) is 7.65. The van der Waals surface area contributed by atoms with Crippen LogP contribution in [0.1, 0.15) is 55.8 Å². The number of aliphatic hydroxyl groups is 1. The fraction of sp³-hybridized carbons (Fsp3) is 0.571. The molecule has 1 amide bonds. The number of aromatic nitrogens is 3. The molecule has 6 nitrogen and oxygen atoms in total. The molecule has 0 aliphatic heterocycles. The van der Waals surface area contributed by atoms with Gasteiger partial charge in [-0.15, -0.1) is 0 Å². The summed E-state index contributed by atoms with van der Waals surface area (Å²) in [7, 11) is 0. The average Bonchev–Trinajstić information content (AvgIpc) is 3.14. The summed E-state index contributed by atoms with van der Waals surface area (Å²) >= 11 is 0. The number of hydrogen-bond acceptors (Lipinski definition) is 4. The maximum atomic E-state index is 13.1. The van der Waals surface area contributed by atoms with E-state index in [4.69, 9.17) is 0 Å². The first-order valence-electron chi connectivity index (χ1n) is 9.94. The number of carbonyl (C=O) groups excluding carboxylic acids is 1. The Morgan fingerprint density at radius 3 is 2.67 bits per heavy atom. The van der Waals surface area contributed by atoms with Gasteiger partial charge >= 0.3 is 0 Å². The zero-order valence-electron chi connectivity index (χ0n) is 15.6. The van der Waals surface area contributed by atoms with Gasteiger partial charge in [0, 0.05) is 11.6 Å². The van der Waals surface area contributed by atoms with Crippen molar-refractivity contribution in [1.82, 2.24) is 20.5 Å². The van der Waals surface area contributed by atoms with E-state index in [1.54, 1.807) is 0 Å². The van der Waals surface area contributed by atoms with Crippen molar-refractivity contribution in [2.75, 3.05) is 0 Å². The van der Waals surface area contributed by atoms with E-state index in [1.165, 1.54) is 12.7 Å². The van der Waals surface area contributed by atoms with Gasteiger partial charge in [-0.25, -0.2) is 4.98 Å². The molecule has 6 rings (SSSR count). The van der Waals surface area contributed by atoms with Crippen LogP contribution in [0.25, 0.3) is 11.4 Å². The lowest BCUT2D eigenvalue weighted by Gasteiger charge is -2.62. The summed E-state index contributed by atoms with van der Waals surface area (Å²) in [6, 6.07) is 7.51. The van der Waals surface area contributed by atoms with Crippen LogP contribution in [0.15, 0.2) is 30.6 Å². The predicted octanol–water partition coefficient (Wildman–Crippen LogP) is 2.92. The Kier molecular flexibility index (Phi) is 3.69. The number of H-pyrrole nitrogens is 1. The smallest absolute Gasteiger partial charge is 0.252 e.